The van der Waals surface area contributed by atoms with Crippen LogP contribution in [0.25, 0.3) is 0 Å². The van der Waals surface area contributed by atoms with E-state index in [4.69, 9.17) is 11.6 Å². The zero-order valence-electron chi connectivity index (χ0n) is 17.2. The van der Waals surface area contributed by atoms with E-state index in [0.717, 1.165) is 50.3 Å². The van der Waals surface area contributed by atoms with Crippen molar-refractivity contribution < 1.29 is 9.59 Å². The van der Waals surface area contributed by atoms with Crippen LogP contribution >= 0.6 is 0 Å². The van der Waals surface area contributed by atoms with Gasteiger partial charge in [-0.25, -0.2) is 10.8 Å². The molecule has 0 unspecified atom stereocenters. The molecule has 10 nitrogen and oxygen atoms in total. The number of anilines is 4. The van der Waals surface area contributed by atoms with E-state index in [-0.39, 0.29) is 17.5 Å². The maximum absolute atomic E-state index is 11.9. The molecule has 2 aromatic rings. The molecule has 2 aliphatic heterocycles. The van der Waals surface area contributed by atoms with E-state index in [1.165, 1.54) is 11.2 Å². The number of nitrogens with zero attached hydrogens (tertiary/aromatic N) is 5. The van der Waals surface area contributed by atoms with Crippen molar-refractivity contribution in [3.05, 3.63) is 36.0 Å². The normalized spacial score (nSPS) is 20.5. The van der Waals surface area contributed by atoms with Gasteiger partial charge in [-0.3, -0.25) is 14.6 Å². The van der Waals surface area contributed by atoms with Crippen molar-refractivity contribution in [3.8, 4) is 0 Å². The van der Waals surface area contributed by atoms with Gasteiger partial charge in [0, 0.05) is 55.7 Å². The second-order valence-electron chi connectivity index (χ2n) is 8.33. The maximum atomic E-state index is 11.9. The van der Waals surface area contributed by atoms with Crippen LogP contribution in [0.4, 0.5) is 23.1 Å². The SMILES string of the molecule is NC(=O)c1cnc(Nc2ccc(N3CCN4C(=O)CC[C@@H]4C3)cc2)nc1N(N)C1CC1. The molecule has 162 valence electrons. The van der Waals surface area contributed by atoms with Gasteiger partial charge in [0.1, 0.15) is 5.56 Å². The van der Waals surface area contributed by atoms with Crippen molar-refractivity contribution in [2.24, 2.45) is 11.6 Å². The fourth-order valence-electron chi connectivity index (χ4n) is 4.31. The summed E-state index contributed by atoms with van der Waals surface area (Å²) in [7, 11) is 0. The highest BCUT2D eigenvalue weighted by Gasteiger charge is 2.35. The van der Waals surface area contributed by atoms with Crippen LogP contribution in [-0.2, 0) is 4.79 Å². The first-order valence-corrected chi connectivity index (χ1v) is 10.6. The van der Waals surface area contributed by atoms with Crippen LogP contribution in [0.2, 0.25) is 0 Å². The molecule has 1 aromatic carbocycles. The lowest BCUT2D eigenvalue weighted by atomic mass is 10.1. The standard InChI is InChI=1S/C21H26N8O2/c22-19(31)17-11-24-21(26-20(17)29(23)15-5-6-15)25-13-1-3-14(4-2-13)27-9-10-28-16(12-27)7-8-18(28)30/h1-4,11,15-16H,5-10,12,23H2,(H2,22,31)(H,24,25,26)/t16-/m1/s1. The number of nitrogens with one attached hydrogen (secondary N) is 1. The molecular weight excluding hydrogens is 396 g/mol. The topological polar surface area (TPSA) is 134 Å². The van der Waals surface area contributed by atoms with Crippen LogP contribution in [0, 0.1) is 0 Å². The summed E-state index contributed by atoms with van der Waals surface area (Å²) in [6.45, 7) is 2.49. The van der Waals surface area contributed by atoms with E-state index in [9.17, 15) is 9.59 Å². The minimum Gasteiger partial charge on any atom is -0.368 e. The van der Waals surface area contributed by atoms with Gasteiger partial charge >= 0.3 is 0 Å². The lowest BCUT2D eigenvalue weighted by Gasteiger charge is -2.38. The highest BCUT2D eigenvalue weighted by Crippen LogP contribution is 2.31. The van der Waals surface area contributed by atoms with Crippen LogP contribution in [0.3, 0.4) is 0 Å². The number of hydrogen-bond acceptors (Lipinski definition) is 8. The van der Waals surface area contributed by atoms with Gasteiger partial charge in [-0.15, -0.1) is 0 Å². The highest BCUT2D eigenvalue weighted by atomic mass is 16.2. The van der Waals surface area contributed by atoms with E-state index >= 15 is 0 Å². The number of aromatic nitrogens is 2. The average molecular weight is 422 g/mol. The summed E-state index contributed by atoms with van der Waals surface area (Å²) < 4.78 is 0. The molecule has 3 heterocycles. The first-order valence-electron chi connectivity index (χ1n) is 10.6. The number of benzene rings is 1. The summed E-state index contributed by atoms with van der Waals surface area (Å²) >= 11 is 0. The van der Waals surface area contributed by atoms with Crippen LogP contribution in [0.1, 0.15) is 36.0 Å². The summed E-state index contributed by atoms with van der Waals surface area (Å²) in [5, 5.41) is 4.67. The Morgan fingerprint density at radius 3 is 2.65 bits per heavy atom. The molecule has 31 heavy (non-hydrogen) atoms. The molecule has 1 atom stereocenters. The number of piperazine rings is 1. The molecule has 1 aliphatic carbocycles. The number of fused-ring (bicyclic) bond motifs is 1. The fourth-order valence-corrected chi connectivity index (χ4v) is 4.31. The van der Waals surface area contributed by atoms with Gasteiger partial charge in [0.15, 0.2) is 5.82 Å². The molecule has 3 aliphatic rings. The maximum Gasteiger partial charge on any atom is 0.254 e. The minimum atomic E-state index is -0.605. The van der Waals surface area contributed by atoms with Crippen molar-refractivity contribution in [2.75, 3.05) is 34.9 Å². The molecule has 1 aromatic heterocycles. The summed E-state index contributed by atoms with van der Waals surface area (Å²) in [6.07, 6.45) is 4.94. The molecule has 10 heteroatoms. The summed E-state index contributed by atoms with van der Waals surface area (Å²) in [4.78, 5) is 36.6. The Bertz CT molecular complexity index is 1010. The number of nitrogens with two attached hydrogens (primary N) is 2. The number of rotatable bonds is 6. The number of carbonyl (C=O) groups excluding carboxylic acids is 2. The van der Waals surface area contributed by atoms with Crippen LogP contribution in [0.5, 0.6) is 0 Å². The largest absolute Gasteiger partial charge is 0.368 e. The van der Waals surface area contributed by atoms with Gasteiger partial charge in [-0.05, 0) is 43.5 Å². The van der Waals surface area contributed by atoms with Crippen LogP contribution in [-0.4, -0.2) is 58.4 Å². The zero-order chi connectivity index (χ0) is 21.5. The minimum absolute atomic E-state index is 0.177. The quantitative estimate of drug-likeness (QED) is 0.463. The Morgan fingerprint density at radius 1 is 1.16 bits per heavy atom. The third-order valence-corrected chi connectivity index (χ3v) is 6.20. The smallest absolute Gasteiger partial charge is 0.254 e. The third-order valence-electron chi connectivity index (χ3n) is 6.20. The highest BCUT2D eigenvalue weighted by molar-refractivity contribution is 5.97. The van der Waals surface area contributed by atoms with E-state index in [0.29, 0.717) is 24.2 Å². The Morgan fingerprint density at radius 2 is 1.94 bits per heavy atom. The lowest BCUT2D eigenvalue weighted by Crippen LogP contribution is -2.51. The molecule has 3 fully saturated rings. The summed E-state index contributed by atoms with van der Waals surface area (Å²) in [5.41, 5.74) is 7.61. The average Bonchev–Trinajstić information content (AvgIpc) is 3.57. The second kappa shape index (κ2) is 7.69. The monoisotopic (exact) mass is 422 g/mol. The van der Waals surface area contributed by atoms with E-state index in [1.54, 1.807) is 0 Å². The molecule has 0 radical (unpaired) electrons. The molecule has 2 saturated heterocycles. The fraction of sp³-hybridized carbons (Fsp3) is 0.429. The first kappa shape index (κ1) is 19.6. The number of hydrazine groups is 1. The van der Waals surface area contributed by atoms with Crippen molar-refractivity contribution in [3.63, 3.8) is 0 Å². The van der Waals surface area contributed by atoms with Crippen molar-refractivity contribution in [1.29, 1.82) is 0 Å². The van der Waals surface area contributed by atoms with Gasteiger partial charge in [0.05, 0.1) is 0 Å². The number of amides is 2. The van der Waals surface area contributed by atoms with Gasteiger partial charge in [0.25, 0.3) is 5.91 Å². The van der Waals surface area contributed by atoms with Crippen LogP contribution in [0.15, 0.2) is 30.5 Å². The van der Waals surface area contributed by atoms with E-state index < -0.39 is 5.91 Å². The number of primary amides is 1. The van der Waals surface area contributed by atoms with E-state index in [2.05, 4.69) is 20.2 Å². The van der Waals surface area contributed by atoms with Crippen LogP contribution < -0.4 is 26.8 Å². The van der Waals surface area contributed by atoms with Crippen molar-refractivity contribution >= 4 is 35.0 Å². The molecule has 5 rings (SSSR count). The molecule has 1 saturated carbocycles. The van der Waals surface area contributed by atoms with Crippen molar-refractivity contribution in [1.82, 2.24) is 14.9 Å². The molecule has 5 N–H and O–H groups in total. The first-order chi connectivity index (χ1) is 15.0. The predicted octanol–water partition coefficient (Wildman–Crippen LogP) is 0.973. The Balaban J connectivity index is 1.29. The van der Waals surface area contributed by atoms with E-state index in [1.807, 2.05) is 29.2 Å². The predicted molar refractivity (Wildman–Crippen MR) is 117 cm³/mol. The lowest BCUT2D eigenvalue weighted by molar-refractivity contribution is -0.129. The van der Waals surface area contributed by atoms with Gasteiger partial charge < -0.3 is 20.9 Å². The van der Waals surface area contributed by atoms with Gasteiger partial charge in [-0.2, -0.15) is 4.98 Å². The third kappa shape index (κ3) is 3.86. The summed E-state index contributed by atoms with van der Waals surface area (Å²) in [6, 6.07) is 8.53. The molecular formula is C21H26N8O2. The Labute approximate surface area is 180 Å². The molecule has 0 bridgehead atoms. The second-order valence-corrected chi connectivity index (χ2v) is 8.33. The molecule has 0 spiro atoms. The zero-order valence-corrected chi connectivity index (χ0v) is 17.2. The molecule has 2 amide bonds. The summed E-state index contributed by atoms with van der Waals surface area (Å²) in [5.74, 6) is 6.49. The Hall–Kier alpha value is -3.40. The number of carbonyl (C=O) groups is 2. The van der Waals surface area contributed by atoms with Crippen molar-refractivity contribution in [2.45, 2.75) is 37.8 Å². The van der Waals surface area contributed by atoms with Gasteiger partial charge in [-0.1, -0.05) is 0 Å². The Kier molecular flexibility index (Phi) is 4.85. The van der Waals surface area contributed by atoms with Gasteiger partial charge in [0.2, 0.25) is 11.9 Å². The number of hydrogen-bond donors (Lipinski definition) is 3.